The number of aliphatic carboxylic acids is 1. The molecule has 0 saturated carbocycles. The van der Waals surface area contributed by atoms with Crippen LogP contribution in [0.25, 0.3) is 6.08 Å². The van der Waals surface area contributed by atoms with E-state index in [-0.39, 0.29) is 0 Å². The second-order valence-corrected chi connectivity index (χ2v) is 3.11. The van der Waals surface area contributed by atoms with Crippen molar-refractivity contribution >= 4 is 12.0 Å². The van der Waals surface area contributed by atoms with Gasteiger partial charge >= 0.3 is 5.97 Å². The third-order valence-corrected chi connectivity index (χ3v) is 1.78. The highest BCUT2D eigenvalue weighted by atomic mass is 16.4. The molecule has 1 aromatic heterocycles. The highest BCUT2D eigenvalue weighted by Gasteiger charge is 1.85. The molecule has 3 heteroatoms. The number of carboxylic acids is 1. The van der Waals surface area contributed by atoms with Crippen LogP contribution >= 0.6 is 0 Å². The average molecular weight is 227 g/mol. The van der Waals surface area contributed by atoms with Crippen LogP contribution in [0.15, 0.2) is 67.0 Å². The van der Waals surface area contributed by atoms with Gasteiger partial charge in [-0.2, -0.15) is 0 Å². The van der Waals surface area contributed by atoms with Crippen LogP contribution in [0.4, 0.5) is 0 Å². The average Bonchev–Trinajstić information content (AvgIpc) is 2.40. The first kappa shape index (κ1) is 12.6. The van der Waals surface area contributed by atoms with Crippen LogP contribution in [0.1, 0.15) is 5.56 Å². The van der Waals surface area contributed by atoms with E-state index >= 15 is 0 Å². The Morgan fingerprint density at radius 3 is 2.00 bits per heavy atom. The molecule has 0 amide bonds. The highest BCUT2D eigenvalue weighted by Crippen LogP contribution is 1.99. The molecule has 0 fully saturated rings. The van der Waals surface area contributed by atoms with Gasteiger partial charge in [0.05, 0.1) is 0 Å². The molecule has 17 heavy (non-hydrogen) atoms. The second-order valence-electron chi connectivity index (χ2n) is 3.11. The second kappa shape index (κ2) is 7.82. The molecule has 3 nitrogen and oxygen atoms in total. The van der Waals surface area contributed by atoms with Crippen molar-refractivity contribution < 1.29 is 9.90 Å². The summed E-state index contributed by atoms with van der Waals surface area (Å²) >= 11 is 0. The third-order valence-electron chi connectivity index (χ3n) is 1.78. The Kier molecular flexibility index (Phi) is 5.82. The SMILES string of the molecule is O=C(O)/C=C/c1ccccc1.c1ccncc1. The molecule has 0 atom stereocenters. The molecule has 0 aliphatic carbocycles. The van der Waals surface area contributed by atoms with Gasteiger partial charge in [0.2, 0.25) is 0 Å². The van der Waals surface area contributed by atoms with E-state index < -0.39 is 5.97 Å². The largest absolute Gasteiger partial charge is 0.478 e. The Bertz CT molecular complexity index is 425. The molecule has 0 saturated heterocycles. The van der Waals surface area contributed by atoms with Gasteiger partial charge in [-0.3, -0.25) is 4.98 Å². The van der Waals surface area contributed by atoms with Crippen molar-refractivity contribution in [2.24, 2.45) is 0 Å². The standard InChI is InChI=1S/C9H8O2.C5H5N/c10-9(11)7-6-8-4-2-1-3-5-8;1-2-4-6-5-3-1/h1-7H,(H,10,11);1-5H/b7-6+;. The molecule has 0 unspecified atom stereocenters. The monoisotopic (exact) mass is 227 g/mol. The van der Waals surface area contributed by atoms with Gasteiger partial charge in [-0.05, 0) is 23.8 Å². The fraction of sp³-hybridized carbons (Fsp3) is 0. The molecule has 1 N–H and O–H groups in total. The summed E-state index contributed by atoms with van der Waals surface area (Å²) in [5.41, 5.74) is 0.898. The molecular formula is C14H13NO2. The fourth-order valence-corrected chi connectivity index (χ4v) is 1.04. The van der Waals surface area contributed by atoms with E-state index in [1.54, 1.807) is 18.5 Å². The molecule has 0 bridgehead atoms. The molecule has 0 spiro atoms. The molecule has 1 heterocycles. The number of hydrogen-bond donors (Lipinski definition) is 1. The lowest BCUT2D eigenvalue weighted by Gasteiger charge is -1.87. The lowest BCUT2D eigenvalue weighted by Crippen LogP contribution is -1.85. The zero-order valence-corrected chi connectivity index (χ0v) is 9.23. The van der Waals surface area contributed by atoms with Crippen molar-refractivity contribution in [3.8, 4) is 0 Å². The summed E-state index contributed by atoms with van der Waals surface area (Å²) in [7, 11) is 0. The van der Waals surface area contributed by atoms with Crippen molar-refractivity contribution in [2.45, 2.75) is 0 Å². The van der Waals surface area contributed by atoms with Crippen LogP contribution in [-0.2, 0) is 4.79 Å². The van der Waals surface area contributed by atoms with Gasteiger partial charge in [-0.25, -0.2) is 4.79 Å². The number of nitrogens with zero attached hydrogens (tertiary/aromatic N) is 1. The molecule has 86 valence electrons. The predicted octanol–water partition coefficient (Wildman–Crippen LogP) is 2.87. The fourth-order valence-electron chi connectivity index (χ4n) is 1.04. The molecular weight excluding hydrogens is 214 g/mol. The summed E-state index contributed by atoms with van der Waals surface area (Å²) in [5.74, 6) is -0.922. The zero-order valence-electron chi connectivity index (χ0n) is 9.23. The smallest absolute Gasteiger partial charge is 0.328 e. The summed E-state index contributed by atoms with van der Waals surface area (Å²) in [4.78, 5) is 13.9. The maximum atomic E-state index is 10.1. The van der Waals surface area contributed by atoms with Crippen molar-refractivity contribution in [1.29, 1.82) is 0 Å². The van der Waals surface area contributed by atoms with E-state index in [0.29, 0.717) is 0 Å². The highest BCUT2D eigenvalue weighted by molar-refractivity contribution is 5.85. The maximum Gasteiger partial charge on any atom is 0.328 e. The van der Waals surface area contributed by atoms with Crippen LogP contribution in [0, 0.1) is 0 Å². The Hall–Kier alpha value is -2.42. The summed E-state index contributed by atoms with van der Waals surface area (Å²) in [6.07, 6.45) is 6.18. The van der Waals surface area contributed by atoms with Gasteiger partial charge < -0.3 is 5.11 Å². The summed E-state index contributed by atoms with van der Waals surface area (Å²) in [6, 6.07) is 15.0. The third kappa shape index (κ3) is 6.62. The molecule has 2 rings (SSSR count). The van der Waals surface area contributed by atoms with Crippen molar-refractivity contribution in [1.82, 2.24) is 4.98 Å². The summed E-state index contributed by atoms with van der Waals surface area (Å²) < 4.78 is 0. The lowest BCUT2D eigenvalue weighted by molar-refractivity contribution is -0.131. The van der Waals surface area contributed by atoms with E-state index in [0.717, 1.165) is 11.6 Å². The number of hydrogen-bond acceptors (Lipinski definition) is 2. The lowest BCUT2D eigenvalue weighted by atomic mass is 10.2. The van der Waals surface area contributed by atoms with Crippen LogP contribution in [0.2, 0.25) is 0 Å². The van der Waals surface area contributed by atoms with E-state index in [1.165, 1.54) is 0 Å². The number of benzene rings is 1. The topological polar surface area (TPSA) is 50.2 Å². The summed E-state index contributed by atoms with van der Waals surface area (Å²) in [6.45, 7) is 0. The van der Waals surface area contributed by atoms with Gasteiger partial charge in [-0.15, -0.1) is 0 Å². The number of aromatic nitrogens is 1. The summed E-state index contributed by atoms with van der Waals surface area (Å²) in [5, 5.41) is 8.29. The van der Waals surface area contributed by atoms with Crippen LogP contribution in [0.3, 0.4) is 0 Å². The van der Waals surface area contributed by atoms with E-state index in [2.05, 4.69) is 4.98 Å². The van der Waals surface area contributed by atoms with Gasteiger partial charge in [0.1, 0.15) is 0 Å². The minimum Gasteiger partial charge on any atom is -0.478 e. The van der Waals surface area contributed by atoms with Crippen LogP contribution < -0.4 is 0 Å². The number of rotatable bonds is 2. The van der Waals surface area contributed by atoms with Crippen molar-refractivity contribution in [3.63, 3.8) is 0 Å². The Labute approximate surface area is 100 Å². The van der Waals surface area contributed by atoms with E-state index in [1.807, 2.05) is 48.5 Å². The number of carbonyl (C=O) groups is 1. The molecule has 0 aliphatic rings. The molecule has 0 aliphatic heterocycles. The molecule has 0 radical (unpaired) electrons. The quantitative estimate of drug-likeness (QED) is 0.802. The normalized spacial score (nSPS) is 9.41. The minimum atomic E-state index is -0.922. The molecule has 1 aromatic carbocycles. The van der Waals surface area contributed by atoms with E-state index in [4.69, 9.17) is 5.11 Å². The number of carboxylic acid groups (broad SMARTS) is 1. The molecule has 2 aromatic rings. The first-order chi connectivity index (χ1) is 8.29. The number of pyridine rings is 1. The first-order valence-electron chi connectivity index (χ1n) is 5.10. The van der Waals surface area contributed by atoms with E-state index in [9.17, 15) is 4.79 Å². The maximum absolute atomic E-state index is 10.1. The van der Waals surface area contributed by atoms with Crippen LogP contribution in [0.5, 0.6) is 0 Å². The van der Waals surface area contributed by atoms with Crippen molar-refractivity contribution in [2.75, 3.05) is 0 Å². The minimum absolute atomic E-state index is 0.898. The van der Waals surface area contributed by atoms with Crippen molar-refractivity contribution in [3.05, 3.63) is 72.6 Å². The van der Waals surface area contributed by atoms with Crippen LogP contribution in [-0.4, -0.2) is 16.1 Å². The van der Waals surface area contributed by atoms with Gasteiger partial charge in [0.25, 0.3) is 0 Å². The predicted molar refractivity (Wildman–Crippen MR) is 67.3 cm³/mol. The Morgan fingerprint density at radius 2 is 1.59 bits per heavy atom. The van der Waals surface area contributed by atoms with Gasteiger partial charge in [-0.1, -0.05) is 36.4 Å². The van der Waals surface area contributed by atoms with Gasteiger partial charge in [0.15, 0.2) is 0 Å². The van der Waals surface area contributed by atoms with Gasteiger partial charge in [0, 0.05) is 18.5 Å². The Balaban J connectivity index is 0.000000202. The zero-order chi connectivity index (χ0) is 12.3. The first-order valence-corrected chi connectivity index (χ1v) is 5.10. The Morgan fingerprint density at radius 1 is 1.00 bits per heavy atom.